The Morgan fingerprint density at radius 3 is 2.54 bits per heavy atom. The van der Waals surface area contributed by atoms with Crippen molar-refractivity contribution in [1.82, 2.24) is 10.2 Å². The van der Waals surface area contributed by atoms with Crippen LogP contribution in [0.2, 0.25) is 0 Å². The van der Waals surface area contributed by atoms with Gasteiger partial charge < -0.3 is 4.90 Å². The second kappa shape index (κ2) is 4.45. The van der Waals surface area contributed by atoms with Crippen LogP contribution in [-0.2, 0) is 4.79 Å². The Hall–Kier alpha value is -1.57. The third kappa shape index (κ3) is 2.75. The number of likely N-dealkylation sites (tertiary alicyclic amines) is 1. The summed E-state index contributed by atoms with van der Waals surface area (Å²) >= 11 is 0. The van der Waals surface area contributed by atoms with Crippen molar-refractivity contribution in [2.75, 3.05) is 13.1 Å². The number of carbonyl (C=O) groups excluding carboxylic acids is 2. The fraction of sp³-hybridized carbons (Fsp3) is 0.625. The largest absolute Gasteiger partial charge is 0.324 e. The molecule has 1 fully saturated rings. The quantitative estimate of drug-likeness (QED) is 0.629. The summed E-state index contributed by atoms with van der Waals surface area (Å²) in [6.45, 7) is 1.40. The molecule has 0 saturated carbocycles. The maximum atomic E-state index is 11.2. The Labute approximate surface area is 76.3 Å². The van der Waals surface area contributed by atoms with Gasteiger partial charge in [-0.2, -0.15) is 5.26 Å². The van der Waals surface area contributed by atoms with Crippen molar-refractivity contribution in [1.29, 1.82) is 5.26 Å². The molecule has 70 valence electrons. The lowest BCUT2D eigenvalue weighted by Crippen LogP contribution is -2.41. The Morgan fingerprint density at radius 2 is 2.00 bits per heavy atom. The van der Waals surface area contributed by atoms with E-state index in [4.69, 9.17) is 5.26 Å². The van der Waals surface area contributed by atoms with Crippen LogP contribution in [0.15, 0.2) is 0 Å². The number of nitriles is 1. The van der Waals surface area contributed by atoms with E-state index in [0.29, 0.717) is 13.1 Å². The van der Waals surface area contributed by atoms with Gasteiger partial charge in [-0.3, -0.25) is 10.1 Å². The van der Waals surface area contributed by atoms with Crippen LogP contribution in [0.5, 0.6) is 0 Å². The second-order valence-corrected chi connectivity index (χ2v) is 2.88. The van der Waals surface area contributed by atoms with Gasteiger partial charge in [0.2, 0.25) is 5.91 Å². The summed E-state index contributed by atoms with van der Waals surface area (Å²) in [5.41, 5.74) is 0. The Morgan fingerprint density at radius 1 is 1.38 bits per heavy atom. The van der Waals surface area contributed by atoms with Gasteiger partial charge in [0.15, 0.2) is 0 Å². The first-order valence-electron chi connectivity index (χ1n) is 4.20. The average molecular weight is 181 g/mol. The Bertz CT molecular complexity index is 251. The lowest BCUT2D eigenvalue weighted by Gasteiger charge is -2.14. The van der Waals surface area contributed by atoms with Crippen LogP contribution in [-0.4, -0.2) is 29.9 Å². The van der Waals surface area contributed by atoms with E-state index in [1.165, 1.54) is 0 Å². The predicted octanol–water partition coefficient (Wildman–Crippen LogP) is 0.232. The number of urea groups is 1. The van der Waals surface area contributed by atoms with Crippen molar-refractivity contribution >= 4 is 11.9 Å². The van der Waals surface area contributed by atoms with Crippen LogP contribution < -0.4 is 5.32 Å². The molecule has 0 spiro atoms. The first-order chi connectivity index (χ1) is 6.24. The van der Waals surface area contributed by atoms with Gasteiger partial charge in [0.25, 0.3) is 0 Å². The van der Waals surface area contributed by atoms with Gasteiger partial charge >= 0.3 is 6.03 Å². The third-order valence-electron chi connectivity index (χ3n) is 1.88. The summed E-state index contributed by atoms with van der Waals surface area (Å²) in [5.74, 6) is -0.528. The fourth-order valence-electron chi connectivity index (χ4n) is 1.23. The molecule has 0 unspecified atom stereocenters. The van der Waals surface area contributed by atoms with Crippen molar-refractivity contribution in [3.8, 4) is 6.07 Å². The first-order valence-corrected chi connectivity index (χ1v) is 4.20. The molecular formula is C8H11N3O2. The Kier molecular flexibility index (Phi) is 3.26. The lowest BCUT2D eigenvalue weighted by atomic mass is 10.4. The molecule has 3 amide bonds. The maximum Gasteiger partial charge on any atom is 0.324 e. The zero-order valence-electron chi connectivity index (χ0n) is 7.25. The summed E-state index contributed by atoms with van der Waals surface area (Å²) < 4.78 is 0. The number of carbonyl (C=O) groups is 2. The predicted molar refractivity (Wildman–Crippen MR) is 44.6 cm³/mol. The molecule has 1 rings (SSSR count). The molecule has 1 heterocycles. The minimum absolute atomic E-state index is 0.264. The second-order valence-electron chi connectivity index (χ2n) is 2.88. The maximum absolute atomic E-state index is 11.2. The van der Waals surface area contributed by atoms with Gasteiger partial charge in [-0.1, -0.05) is 0 Å². The van der Waals surface area contributed by atoms with Crippen molar-refractivity contribution in [2.24, 2.45) is 0 Å². The molecule has 5 heteroatoms. The standard InChI is InChI=1S/C8H11N3O2/c9-4-3-7(12)10-8(13)11-5-1-2-6-11/h1-3,5-6H2,(H,10,12,13). The molecule has 0 aromatic carbocycles. The molecule has 1 aliphatic rings. The molecule has 13 heavy (non-hydrogen) atoms. The lowest BCUT2D eigenvalue weighted by molar-refractivity contribution is -0.119. The summed E-state index contributed by atoms with van der Waals surface area (Å²) in [5, 5.41) is 10.3. The van der Waals surface area contributed by atoms with E-state index in [1.54, 1.807) is 11.0 Å². The highest BCUT2D eigenvalue weighted by Gasteiger charge is 2.19. The molecular weight excluding hydrogens is 170 g/mol. The zero-order valence-corrected chi connectivity index (χ0v) is 7.25. The number of hydrogen-bond acceptors (Lipinski definition) is 3. The highest BCUT2D eigenvalue weighted by atomic mass is 16.2. The van der Waals surface area contributed by atoms with Crippen LogP contribution in [0.3, 0.4) is 0 Å². The molecule has 0 aromatic heterocycles. The van der Waals surface area contributed by atoms with Gasteiger partial charge in [-0.05, 0) is 12.8 Å². The number of amides is 3. The number of nitrogens with zero attached hydrogens (tertiary/aromatic N) is 2. The minimum atomic E-state index is -0.528. The Balaban J connectivity index is 2.32. The molecule has 0 aliphatic carbocycles. The van der Waals surface area contributed by atoms with E-state index in [-0.39, 0.29) is 12.5 Å². The smallest absolute Gasteiger partial charge is 0.324 e. The van der Waals surface area contributed by atoms with Crippen LogP contribution >= 0.6 is 0 Å². The van der Waals surface area contributed by atoms with Crippen molar-refractivity contribution in [3.05, 3.63) is 0 Å². The van der Waals surface area contributed by atoms with Crippen LogP contribution in [0.1, 0.15) is 19.3 Å². The van der Waals surface area contributed by atoms with E-state index in [2.05, 4.69) is 5.32 Å². The van der Waals surface area contributed by atoms with Crippen molar-refractivity contribution < 1.29 is 9.59 Å². The van der Waals surface area contributed by atoms with Crippen LogP contribution in [0, 0.1) is 11.3 Å². The molecule has 1 aliphatic heterocycles. The van der Waals surface area contributed by atoms with E-state index >= 15 is 0 Å². The van der Waals surface area contributed by atoms with Gasteiger partial charge in [0.1, 0.15) is 6.42 Å². The zero-order chi connectivity index (χ0) is 9.68. The first kappa shape index (κ1) is 9.52. The summed E-state index contributed by atoms with van der Waals surface area (Å²) in [6.07, 6.45) is 1.71. The molecule has 5 nitrogen and oxygen atoms in total. The number of rotatable bonds is 1. The van der Waals surface area contributed by atoms with E-state index in [1.807, 2.05) is 0 Å². The monoisotopic (exact) mass is 181 g/mol. The molecule has 0 radical (unpaired) electrons. The highest BCUT2D eigenvalue weighted by molar-refractivity contribution is 5.95. The van der Waals surface area contributed by atoms with Gasteiger partial charge in [0, 0.05) is 13.1 Å². The molecule has 1 N–H and O–H groups in total. The van der Waals surface area contributed by atoms with Crippen molar-refractivity contribution in [2.45, 2.75) is 19.3 Å². The highest BCUT2D eigenvalue weighted by Crippen LogP contribution is 2.06. The van der Waals surface area contributed by atoms with Crippen LogP contribution in [0.25, 0.3) is 0 Å². The summed E-state index contributed by atoms with van der Waals surface area (Å²) in [6, 6.07) is 1.30. The van der Waals surface area contributed by atoms with Crippen LogP contribution in [0.4, 0.5) is 4.79 Å². The number of hydrogen-bond donors (Lipinski definition) is 1. The van der Waals surface area contributed by atoms with E-state index in [0.717, 1.165) is 12.8 Å². The van der Waals surface area contributed by atoms with E-state index in [9.17, 15) is 9.59 Å². The number of nitrogens with one attached hydrogen (secondary N) is 1. The molecule has 0 bridgehead atoms. The van der Waals surface area contributed by atoms with Gasteiger partial charge in [-0.15, -0.1) is 0 Å². The molecule has 0 aromatic rings. The normalized spacial score (nSPS) is 15.2. The third-order valence-corrected chi connectivity index (χ3v) is 1.88. The van der Waals surface area contributed by atoms with Crippen molar-refractivity contribution in [3.63, 3.8) is 0 Å². The van der Waals surface area contributed by atoms with Gasteiger partial charge in [0.05, 0.1) is 6.07 Å². The summed E-state index contributed by atoms with van der Waals surface area (Å²) in [7, 11) is 0. The average Bonchev–Trinajstić information content (AvgIpc) is 2.55. The summed E-state index contributed by atoms with van der Waals surface area (Å²) in [4.78, 5) is 23.6. The minimum Gasteiger partial charge on any atom is -0.324 e. The molecule has 1 saturated heterocycles. The van der Waals surface area contributed by atoms with E-state index < -0.39 is 5.91 Å². The molecule has 0 atom stereocenters. The fourth-order valence-corrected chi connectivity index (χ4v) is 1.23. The number of imide groups is 1. The topological polar surface area (TPSA) is 73.2 Å². The van der Waals surface area contributed by atoms with Gasteiger partial charge in [-0.25, -0.2) is 4.79 Å². The SMILES string of the molecule is N#CCC(=O)NC(=O)N1CCCC1.